The second kappa shape index (κ2) is 6.49. The Bertz CT molecular complexity index is 645. The zero-order chi connectivity index (χ0) is 14.7. The van der Waals surface area contributed by atoms with Crippen LogP contribution in [-0.2, 0) is 0 Å². The van der Waals surface area contributed by atoms with Gasteiger partial charge in [-0.05, 0) is 23.9 Å². The Morgan fingerprint density at radius 3 is 2.90 bits per heavy atom. The van der Waals surface area contributed by atoms with Gasteiger partial charge in [-0.3, -0.25) is 4.79 Å². The molecule has 21 heavy (non-hydrogen) atoms. The highest BCUT2D eigenvalue weighted by Gasteiger charge is 2.23. The quantitative estimate of drug-likeness (QED) is 0.853. The smallest absolute Gasteiger partial charge is 0.335 e. The van der Waals surface area contributed by atoms with Crippen molar-refractivity contribution in [3.05, 3.63) is 56.8 Å². The molecule has 0 radical (unpaired) electrons. The highest BCUT2D eigenvalue weighted by atomic mass is 32.2. The van der Waals surface area contributed by atoms with Crippen molar-refractivity contribution in [1.29, 1.82) is 0 Å². The van der Waals surface area contributed by atoms with Crippen LogP contribution in [0.2, 0.25) is 0 Å². The number of hydrogen-bond acceptors (Lipinski definition) is 5. The van der Waals surface area contributed by atoms with Crippen molar-refractivity contribution in [2.45, 2.75) is 11.7 Å². The van der Waals surface area contributed by atoms with Gasteiger partial charge in [0, 0.05) is 35.0 Å². The van der Waals surface area contributed by atoms with E-state index in [0.29, 0.717) is 10.8 Å². The summed E-state index contributed by atoms with van der Waals surface area (Å²) in [7, 11) is 0. The first kappa shape index (κ1) is 14.4. The summed E-state index contributed by atoms with van der Waals surface area (Å²) in [6.07, 6.45) is 2.20. The van der Waals surface area contributed by atoms with E-state index in [9.17, 15) is 9.59 Å². The highest BCUT2D eigenvalue weighted by Crippen LogP contribution is 2.36. The Kier molecular flexibility index (Phi) is 4.45. The highest BCUT2D eigenvalue weighted by molar-refractivity contribution is 7.99. The monoisotopic (exact) mass is 321 g/mol. The molecule has 4 nitrogen and oxygen atoms in total. The number of nitrogens with zero attached hydrogens (tertiary/aromatic N) is 1. The number of amides is 1. The van der Waals surface area contributed by atoms with Crippen LogP contribution in [0.1, 0.15) is 26.9 Å². The van der Waals surface area contributed by atoms with E-state index < -0.39 is 5.63 Å². The third-order valence-electron chi connectivity index (χ3n) is 3.44. The average Bonchev–Trinajstić information content (AvgIpc) is 2.92. The van der Waals surface area contributed by atoms with Gasteiger partial charge in [-0.1, -0.05) is 6.07 Å². The largest absolute Gasteiger partial charge is 0.430 e. The summed E-state index contributed by atoms with van der Waals surface area (Å²) in [6, 6.07) is 7.04. The lowest BCUT2D eigenvalue weighted by Gasteiger charge is -2.19. The fourth-order valence-electron chi connectivity index (χ4n) is 2.34. The van der Waals surface area contributed by atoms with Crippen LogP contribution in [0.5, 0.6) is 0 Å². The summed E-state index contributed by atoms with van der Waals surface area (Å²) >= 11 is 3.68. The summed E-state index contributed by atoms with van der Waals surface area (Å²) in [4.78, 5) is 26.6. The molecule has 3 rings (SSSR count). The van der Waals surface area contributed by atoms with Gasteiger partial charge in [0.2, 0.25) is 0 Å². The third-order valence-corrected chi connectivity index (χ3v) is 5.88. The fourth-order valence-corrected chi connectivity index (χ4v) is 4.57. The minimum atomic E-state index is -0.435. The van der Waals surface area contributed by atoms with Crippen molar-refractivity contribution >= 4 is 29.0 Å². The Morgan fingerprint density at radius 2 is 2.19 bits per heavy atom. The standard InChI is InChI=1S/C15H15NO3S2/c17-14-4-3-11(10-19-14)15(18)16-6-5-13(21-9-7-16)12-2-1-8-20-12/h1-4,8,10,13H,5-7,9H2. The van der Waals surface area contributed by atoms with Crippen molar-refractivity contribution in [2.24, 2.45) is 0 Å². The molecule has 0 saturated carbocycles. The van der Waals surface area contributed by atoms with Crippen molar-refractivity contribution in [3.63, 3.8) is 0 Å². The Morgan fingerprint density at radius 1 is 1.29 bits per heavy atom. The lowest BCUT2D eigenvalue weighted by atomic mass is 10.2. The molecule has 2 aromatic rings. The topological polar surface area (TPSA) is 50.5 Å². The summed E-state index contributed by atoms with van der Waals surface area (Å²) in [5.74, 6) is 0.858. The molecule has 1 aliphatic rings. The Labute approximate surface area is 130 Å². The molecule has 0 N–H and O–H groups in total. The predicted octanol–water partition coefficient (Wildman–Crippen LogP) is 3.02. The van der Waals surface area contributed by atoms with E-state index in [1.54, 1.807) is 11.3 Å². The van der Waals surface area contributed by atoms with Crippen LogP contribution >= 0.6 is 23.1 Å². The van der Waals surface area contributed by atoms with Crippen molar-refractivity contribution in [2.75, 3.05) is 18.8 Å². The molecule has 0 aromatic carbocycles. The molecule has 1 amide bonds. The normalized spacial score (nSPS) is 19.2. The lowest BCUT2D eigenvalue weighted by molar-refractivity contribution is 0.0764. The number of rotatable bonds is 2. The fraction of sp³-hybridized carbons (Fsp3) is 0.333. The van der Waals surface area contributed by atoms with E-state index in [0.717, 1.165) is 25.3 Å². The maximum atomic E-state index is 12.4. The molecule has 3 heterocycles. The average molecular weight is 321 g/mol. The molecule has 0 spiro atoms. The van der Waals surface area contributed by atoms with Gasteiger partial charge >= 0.3 is 5.63 Å². The zero-order valence-electron chi connectivity index (χ0n) is 11.4. The molecular formula is C15H15NO3S2. The zero-order valence-corrected chi connectivity index (χ0v) is 13.0. The second-order valence-electron chi connectivity index (χ2n) is 4.80. The molecule has 1 atom stereocenters. The van der Waals surface area contributed by atoms with Gasteiger partial charge in [0.25, 0.3) is 5.91 Å². The maximum Gasteiger partial charge on any atom is 0.335 e. The SMILES string of the molecule is O=C(c1ccc(=O)oc1)N1CCSC(c2cccs2)CC1. The van der Waals surface area contributed by atoms with E-state index in [2.05, 4.69) is 17.5 Å². The first-order chi connectivity index (χ1) is 10.2. The van der Waals surface area contributed by atoms with E-state index >= 15 is 0 Å². The van der Waals surface area contributed by atoms with Crippen LogP contribution in [0, 0.1) is 0 Å². The van der Waals surface area contributed by atoms with Gasteiger partial charge in [-0.25, -0.2) is 4.79 Å². The first-order valence-electron chi connectivity index (χ1n) is 6.77. The number of hydrogen-bond donors (Lipinski definition) is 0. The number of carbonyl (C=O) groups excluding carboxylic acids is 1. The summed E-state index contributed by atoms with van der Waals surface area (Å²) in [5.41, 5.74) is 0.00454. The van der Waals surface area contributed by atoms with Gasteiger partial charge in [0.05, 0.1) is 5.56 Å². The molecule has 1 saturated heterocycles. The van der Waals surface area contributed by atoms with Gasteiger partial charge in [-0.15, -0.1) is 11.3 Å². The molecule has 6 heteroatoms. The van der Waals surface area contributed by atoms with Gasteiger partial charge < -0.3 is 9.32 Å². The molecule has 1 fully saturated rings. The van der Waals surface area contributed by atoms with E-state index in [4.69, 9.17) is 4.42 Å². The van der Waals surface area contributed by atoms with Crippen LogP contribution in [0.25, 0.3) is 0 Å². The Hall–Kier alpha value is -1.53. The summed E-state index contributed by atoms with van der Waals surface area (Å²) in [5, 5.41) is 2.56. The summed E-state index contributed by atoms with van der Waals surface area (Å²) in [6.45, 7) is 1.46. The van der Waals surface area contributed by atoms with Crippen LogP contribution in [0.3, 0.4) is 0 Å². The van der Waals surface area contributed by atoms with Crippen LogP contribution < -0.4 is 5.63 Å². The van der Waals surface area contributed by atoms with E-state index in [1.807, 2.05) is 16.7 Å². The minimum absolute atomic E-state index is 0.0637. The van der Waals surface area contributed by atoms with E-state index in [1.165, 1.54) is 23.3 Å². The van der Waals surface area contributed by atoms with Crippen LogP contribution in [0.15, 0.2) is 45.1 Å². The molecule has 110 valence electrons. The van der Waals surface area contributed by atoms with Gasteiger partial charge in [-0.2, -0.15) is 11.8 Å². The van der Waals surface area contributed by atoms with Crippen molar-refractivity contribution < 1.29 is 9.21 Å². The lowest BCUT2D eigenvalue weighted by Crippen LogP contribution is -2.33. The molecule has 1 aliphatic heterocycles. The van der Waals surface area contributed by atoms with Crippen LogP contribution in [0.4, 0.5) is 0 Å². The number of thiophene rings is 1. The molecule has 2 aromatic heterocycles. The molecule has 0 bridgehead atoms. The number of carbonyl (C=O) groups is 1. The minimum Gasteiger partial charge on any atom is -0.430 e. The van der Waals surface area contributed by atoms with Gasteiger partial charge in [0.1, 0.15) is 6.26 Å². The predicted molar refractivity (Wildman–Crippen MR) is 85.0 cm³/mol. The van der Waals surface area contributed by atoms with Crippen LogP contribution in [-0.4, -0.2) is 29.6 Å². The maximum absolute atomic E-state index is 12.4. The molecule has 0 aliphatic carbocycles. The van der Waals surface area contributed by atoms with Crippen molar-refractivity contribution in [1.82, 2.24) is 4.90 Å². The Balaban J connectivity index is 1.68. The molecular weight excluding hydrogens is 306 g/mol. The summed E-state index contributed by atoms with van der Waals surface area (Å²) < 4.78 is 4.77. The second-order valence-corrected chi connectivity index (χ2v) is 7.09. The van der Waals surface area contributed by atoms with E-state index in [-0.39, 0.29) is 5.91 Å². The molecule has 1 unspecified atom stereocenters. The number of thioether (sulfide) groups is 1. The van der Waals surface area contributed by atoms with Crippen molar-refractivity contribution in [3.8, 4) is 0 Å². The van der Waals surface area contributed by atoms with Gasteiger partial charge in [0.15, 0.2) is 0 Å². The first-order valence-corrected chi connectivity index (χ1v) is 8.70. The third kappa shape index (κ3) is 3.39.